The minimum Gasteiger partial charge on any atom is -0.463 e. The van der Waals surface area contributed by atoms with Crippen molar-refractivity contribution >= 4 is 22.6 Å². The molecule has 0 fully saturated rings. The van der Waals surface area contributed by atoms with Gasteiger partial charge < -0.3 is 9.73 Å². The maximum atomic E-state index is 13.8. The molecule has 7 heteroatoms. The van der Waals surface area contributed by atoms with Crippen molar-refractivity contribution in [2.75, 3.05) is 0 Å². The summed E-state index contributed by atoms with van der Waals surface area (Å²) in [7, 11) is 1.81. The molecule has 0 unspecified atom stereocenters. The molecule has 1 amide bonds. The molecule has 0 saturated heterocycles. The number of benzene rings is 1. The number of carbonyl (C=O) groups is 1. The van der Waals surface area contributed by atoms with Gasteiger partial charge in [0.25, 0.3) is 5.91 Å². The van der Waals surface area contributed by atoms with Crippen LogP contribution in [0.1, 0.15) is 23.0 Å². The maximum absolute atomic E-state index is 13.8. The highest BCUT2D eigenvalue weighted by Gasteiger charge is 2.16. The van der Waals surface area contributed by atoms with E-state index in [1.807, 2.05) is 12.1 Å². The molecule has 2 aromatic heterocycles. The molecule has 0 saturated carbocycles. The lowest BCUT2D eigenvalue weighted by Gasteiger charge is -2.11. The minimum absolute atomic E-state index is 0.0105. The molecule has 1 N–H and O–H groups in total. The number of rotatable bonds is 6. The summed E-state index contributed by atoms with van der Waals surface area (Å²) in [6.07, 6.45) is 3.32. The highest BCUT2D eigenvalue weighted by atomic mass is 32.2. The molecular weight excluding hydrogens is 365 g/mol. The van der Waals surface area contributed by atoms with Crippen LogP contribution in [0.4, 0.5) is 4.39 Å². The van der Waals surface area contributed by atoms with E-state index < -0.39 is 11.7 Å². The van der Waals surface area contributed by atoms with Crippen molar-refractivity contribution < 1.29 is 13.6 Å². The number of nitrogens with zero attached hydrogens (tertiary/aromatic N) is 2. The molecule has 138 valence electrons. The highest BCUT2D eigenvalue weighted by Crippen LogP contribution is 2.33. The van der Waals surface area contributed by atoms with Gasteiger partial charge in [-0.05, 0) is 37.3 Å². The largest absolute Gasteiger partial charge is 0.463 e. The topological polar surface area (TPSA) is 60.1 Å². The predicted octanol–water partition coefficient (Wildman–Crippen LogP) is 4.81. The Morgan fingerprint density at radius 2 is 2.11 bits per heavy atom. The van der Waals surface area contributed by atoms with Crippen molar-refractivity contribution in [2.24, 2.45) is 7.05 Å². The number of hydrogen-bond donors (Lipinski definition) is 1. The average molecular weight is 383 g/mol. The van der Waals surface area contributed by atoms with Gasteiger partial charge in [0.2, 0.25) is 0 Å². The molecule has 0 atom stereocenters. The van der Waals surface area contributed by atoms with E-state index in [0.29, 0.717) is 21.4 Å². The van der Waals surface area contributed by atoms with Gasteiger partial charge in [-0.25, -0.2) is 4.39 Å². The van der Waals surface area contributed by atoms with E-state index in [2.05, 4.69) is 17.0 Å². The third-order valence-corrected chi connectivity index (χ3v) is 4.80. The van der Waals surface area contributed by atoms with E-state index in [9.17, 15) is 9.18 Å². The van der Waals surface area contributed by atoms with Gasteiger partial charge in [-0.3, -0.25) is 9.48 Å². The van der Waals surface area contributed by atoms with E-state index in [4.69, 9.17) is 4.42 Å². The van der Waals surface area contributed by atoms with Crippen LogP contribution in [-0.4, -0.2) is 15.7 Å². The molecule has 0 aliphatic rings. The summed E-state index contributed by atoms with van der Waals surface area (Å²) in [5.41, 5.74) is 1.46. The standard InChI is InChI=1S/C20H18FN3O2S/c1-4-19(22-20(25)14-8-5-6-9-15(14)21)27-13(2)17-12-16(23-24(17)3)18-10-7-11-26-18/h4-12H,2H2,1,3H3,(H,22,25)/b19-4-. The fourth-order valence-corrected chi connectivity index (χ4v) is 3.26. The summed E-state index contributed by atoms with van der Waals surface area (Å²) in [5.74, 6) is -0.416. The molecule has 1 aromatic carbocycles. The molecule has 0 radical (unpaired) electrons. The first kappa shape index (κ1) is 18.7. The summed E-state index contributed by atoms with van der Waals surface area (Å²) in [6.45, 7) is 5.86. The number of allylic oxidation sites excluding steroid dienone is 1. The summed E-state index contributed by atoms with van der Waals surface area (Å²) in [5, 5.41) is 7.68. The predicted molar refractivity (Wildman–Crippen MR) is 105 cm³/mol. The monoisotopic (exact) mass is 383 g/mol. The lowest BCUT2D eigenvalue weighted by molar-refractivity contribution is 0.0965. The Bertz CT molecular complexity index is 1010. The average Bonchev–Trinajstić information content (AvgIpc) is 3.30. The minimum atomic E-state index is -0.566. The zero-order valence-electron chi connectivity index (χ0n) is 14.9. The van der Waals surface area contributed by atoms with Gasteiger partial charge in [-0.1, -0.05) is 36.5 Å². The SMILES string of the molecule is C=C(S/C(=C\C)NC(=O)c1ccccc1F)c1cc(-c2ccco2)nn1C. The number of nitrogens with one attached hydrogen (secondary N) is 1. The van der Waals surface area contributed by atoms with Gasteiger partial charge in [-0.15, -0.1) is 0 Å². The van der Waals surface area contributed by atoms with Crippen LogP contribution in [0, 0.1) is 5.82 Å². The number of aryl methyl sites for hydroxylation is 1. The van der Waals surface area contributed by atoms with E-state index in [-0.39, 0.29) is 5.56 Å². The molecule has 3 aromatic rings. The number of halogens is 1. The Kier molecular flexibility index (Phi) is 5.61. The van der Waals surface area contributed by atoms with E-state index in [1.165, 1.54) is 30.0 Å². The van der Waals surface area contributed by atoms with Gasteiger partial charge in [-0.2, -0.15) is 5.10 Å². The van der Waals surface area contributed by atoms with Crippen LogP contribution in [0.3, 0.4) is 0 Å². The zero-order chi connectivity index (χ0) is 19.4. The third-order valence-electron chi connectivity index (χ3n) is 3.79. The number of aromatic nitrogens is 2. The Hall–Kier alpha value is -3.06. The van der Waals surface area contributed by atoms with Crippen molar-refractivity contribution in [3.63, 3.8) is 0 Å². The van der Waals surface area contributed by atoms with Crippen LogP contribution >= 0.6 is 11.8 Å². The van der Waals surface area contributed by atoms with E-state index >= 15 is 0 Å². The second kappa shape index (κ2) is 8.09. The molecule has 5 nitrogen and oxygen atoms in total. The van der Waals surface area contributed by atoms with Crippen LogP contribution in [0.15, 0.2) is 70.8 Å². The van der Waals surface area contributed by atoms with Crippen LogP contribution in [0.25, 0.3) is 16.4 Å². The van der Waals surface area contributed by atoms with Crippen molar-refractivity contribution in [2.45, 2.75) is 6.92 Å². The smallest absolute Gasteiger partial charge is 0.259 e. The second-order valence-corrected chi connectivity index (χ2v) is 6.76. The van der Waals surface area contributed by atoms with Crippen molar-refractivity contribution in [3.8, 4) is 11.5 Å². The lowest BCUT2D eigenvalue weighted by atomic mass is 10.2. The van der Waals surface area contributed by atoms with Crippen LogP contribution in [-0.2, 0) is 7.05 Å². The fourth-order valence-electron chi connectivity index (χ4n) is 2.44. The second-order valence-electron chi connectivity index (χ2n) is 5.63. The fraction of sp³-hybridized carbons (Fsp3) is 0.100. The number of furan rings is 1. The normalized spacial score (nSPS) is 11.4. The first-order valence-electron chi connectivity index (χ1n) is 8.17. The summed E-state index contributed by atoms with van der Waals surface area (Å²) in [4.78, 5) is 13.0. The van der Waals surface area contributed by atoms with Crippen LogP contribution < -0.4 is 5.32 Å². The number of thioether (sulfide) groups is 1. The first-order valence-corrected chi connectivity index (χ1v) is 8.98. The Morgan fingerprint density at radius 1 is 1.33 bits per heavy atom. The van der Waals surface area contributed by atoms with E-state index in [0.717, 1.165) is 5.69 Å². The first-order chi connectivity index (χ1) is 13.0. The molecule has 0 spiro atoms. The number of hydrogen-bond acceptors (Lipinski definition) is 4. The van der Waals surface area contributed by atoms with Crippen molar-refractivity contribution in [1.29, 1.82) is 0 Å². The molecular formula is C20H18FN3O2S. The van der Waals surface area contributed by atoms with Crippen molar-refractivity contribution in [1.82, 2.24) is 15.1 Å². The van der Waals surface area contributed by atoms with E-state index in [1.54, 1.807) is 43.1 Å². The van der Waals surface area contributed by atoms with Gasteiger partial charge in [0.1, 0.15) is 11.5 Å². The lowest BCUT2D eigenvalue weighted by Crippen LogP contribution is -2.22. The zero-order valence-corrected chi connectivity index (χ0v) is 15.7. The summed E-state index contributed by atoms with van der Waals surface area (Å²) >= 11 is 1.27. The van der Waals surface area contributed by atoms with Crippen molar-refractivity contribution in [3.05, 3.63) is 83.5 Å². The van der Waals surface area contributed by atoms with Crippen LogP contribution in [0.5, 0.6) is 0 Å². The third kappa shape index (κ3) is 4.20. The van der Waals surface area contributed by atoms with Gasteiger partial charge in [0.15, 0.2) is 5.76 Å². The molecule has 0 aliphatic carbocycles. The van der Waals surface area contributed by atoms with Gasteiger partial charge in [0.05, 0.1) is 22.5 Å². The molecule has 0 aliphatic heterocycles. The molecule has 2 heterocycles. The highest BCUT2D eigenvalue weighted by molar-refractivity contribution is 8.11. The summed E-state index contributed by atoms with van der Waals surface area (Å²) in [6, 6.07) is 11.3. The Balaban J connectivity index is 1.73. The Labute approximate surface area is 160 Å². The Morgan fingerprint density at radius 3 is 2.78 bits per heavy atom. The molecule has 0 bridgehead atoms. The quantitative estimate of drug-likeness (QED) is 0.663. The van der Waals surface area contributed by atoms with Crippen LogP contribution in [0.2, 0.25) is 0 Å². The molecule has 27 heavy (non-hydrogen) atoms. The maximum Gasteiger partial charge on any atom is 0.259 e. The number of carbonyl (C=O) groups excluding carboxylic acids is 1. The van der Waals surface area contributed by atoms with Gasteiger partial charge >= 0.3 is 0 Å². The summed E-state index contributed by atoms with van der Waals surface area (Å²) < 4.78 is 20.8. The number of amides is 1. The van der Waals surface area contributed by atoms with Gasteiger partial charge in [0, 0.05) is 12.0 Å². The molecule has 3 rings (SSSR count).